The first-order chi connectivity index (χ1) is 13.4. The molecule has 2 aromatic carbocycles. The molecule has 1 saturated heterocycles. The quantitative estimate of drug-likeness (QED) is 0.847. The first-order valence-electron chi connectivity index (χ1n) is 9.97. The minimum absolute atomic E-state index is 0.242. The molecule has 0 bridgehead atoms. The van der Waals surface area contributed by atoms with Crippen LogP contribution in [-0.2, 0) is 10.0 Å². The molecule has 1 atom stereocenters. The number of benzene rings is 2. The van der Waals surface area contributed by atoms with Crippen molar-refractivity contribution in [2.45, 2.75) is 55.6 Å². The van der Waals surface area contributed by atoms with Gasteiger partial charge in [-0.15, -0.1) is 0 Å². The lowest BCUT2D eigenvalue weighted by atomic mass is 9.78. The maximum Gasteiger partial charge on any atom is 0.243 e. The summed E-state index contributed by atoms with van der Waals surface area (Å²) in [6.45, 7) is 2.19. The predicted octanol–water partition coefficient (Wildman–Crippen LogP) is 4.15. The molecule has 1 spiro atoms. The number of aliphatic hydroxyl groups is 1. The normalized spacial score (nSPS) is 24.1. The van der Waals surface area contributed by atoms with E-state index in [1.54, 1.807) is 16.4 Å². The van der Waals surface area contributed by atoms with E-state index in [-0.39, 0.29) is 6.54 Å². The Labute approximate surface area is 167 Å². The summed E-state index contributed by atoms with van der Waals surface area (Å²) in [6.07, 6.45) is 5.55. The van der Waals surface area contributed by atoms with E-state index in [0.29, 0.717) is 17.7 Å². The first kappa shape index (κ1) is 19.4. The van der Waals surface area contributed by atoms with Gasteiger partial charge in [0.05, 0.1) is 16.5 Å². The van der Waals surface area contributed by atoms with Crippen LogP contribution in [0.15, 0.2) is 65.1 Å². The van der Waals surface area contributed by atoms with Crippen LogP contribution in [0.2, 0.25) is 0 Å². The van der Waals surface area contributed by atoms with Gasteiger partial charge in [0, 0.05) is 6.54 Å². The summed E-state index contributed by atoms with van der Waals surface area (Å²) in [4.78, 5) is 0.302. The zero-order valence-corrected chi connectivity index (χ0v) is 17.0. The van der Waals surface area contributed by atoms with E-state index in [4.69, 9.17) is 0 Å². The van der Waals surface area contributed by atoms with E-state index in [2.05, 4.69) is 0 Å². The Balaban J connectivity index is 1.78. The summed E-state index contributed by atoms with van der Waals surface area (Å²) in [5, 5.41) is 11.3. The lowest BCUT2D eigenvalue weighted by Crippen LogP contribution is -2.53. The van der Waals surface area contributed by atoms with E-state index in [9.17, 15) is 13.5 Å². The average Bonchev–Trinajstić information content (AvgIpc) is 2.96. The Hall–Kier alpha value is -1.95. The van der Waals surface area contributed by atoms with Gasteiger partial charge in [-0.2, -0.15) is 4.31 Å². The minimum Gasteiger partial charge on any atom is -0.387 e. The van der Waals surface area contributed by atoms with Crippen molar-refractivity contribution in [3.63, 3.8) is 0 Å². The Bertz CT molecular complexity index is 959. The van der Waals surface area contributed by atoms with Crippen molar-refractivity contribution in [1.82, 2.24) is 4.31 Å². The van der Waals surface area contributed by atoms with Crippen LogP contribution >= 0.6 is 0 Å². The van der Waals surface area contributed by atoms with Crippen LogP contribution in [0.25, 0.3) is 6.08 Å². The molecule has 1 N–H and O–H groups in total. The molecule has 2 aliphatic rings. The molecule has 148 valence electrons. The third kappa shape index (κ3) is 3.32. The Morgan fingerprint density at radius 1 is 1.00 bits per heavy atom. The molecule has 0 aromatic heterocycles. The van der Waals surface area contributed by atoms with Gasteiger partial charge in [-0.1, -0.05) is 73.4 Å². The fourth-order valence-corrected chi connectivity index (χ4v) is 6.44. The van der Waals surface area contributed by atoms with Crippen LogP contribution in [-0.4, -0.2) is 36.0 Å². The monoisotopic (exact) mass is 397 g/mol. The number of rotatable bonds is 3. The molecule has 28 heavy (non-hydrogen) atoms. The fourth-order valence-electron chi connectivity index (χ4n) is 4.63. The Morgan fingerprint density at radius 2 is 1.64 bits per heavy atom. The summed E-state index contributed by atoms with van der Waals surface area (Å²) in [7, 11) is -3.69. The molecule has 2 fully saturated rings. The van der Waals surface area contributed by atoms with Gasteiger partial charge in [0.1, 0.15) is 0 Å². The van der Waals surface area contributed by atoms with Crippen molar-refractivity contribution < 1.29 is 13.5 Å². The number of aryl methyl sites for hydroxylation is 1. The van der Waals surface area contributed by atoms with Crippen LogP contribution < -0.4 is 0 Å². The summed E-state index contributed by atoms with van der Waals surface area (Å²) >= 11 is 0. The van der Waals surface area contributed by atoms with Crippen LogP contribution in [0.4, 0.5) is 0 Å². The molecule has 4 rings (SSSR count). The van der Waals surface area contributed by atoms with Crippen LogP contribution in [0.5, 0.6) is 0 Å². The van der Waals surface area contributed by atoms with Crippen molar-refractivity contribution in [2.24, 2.45) is 0 Å². The SMILES string of the molecule is Cc1ccc(S(=O)(=O)N2C/C(=C\c3ccccc3)[C@@H](O)C23CCCCC3)cc1. The predicted molar refractivity (Wildman–Crippen MR) is 111 cm³/mol. The van der Waals surface area contributed by atoms with Crippen molar-refractivity contribution in [3.05, 3.63) is 71.3 Å². The second kappa shape index (κ2) is 7.47. The minimum atomic E-state index is -3.69. The number of sulfonamides is 1. The Morgan fingerprint density at radius 3 is 2.29 bits per heavy atom. The highest BCUT2D eigenvalue weighted by Gasteiger charge is 2.55. The van der Waals surface area contributed by atoms with Gasteiger partial charge in [0.15, 0.2) is 0 Å². The zero-order chi connectivity index (χ0) is 19.8. The second-order valence-electron chi connectivity index (χ2n) is 8.02. The molecule has 1 aliphatic carbocycles. The van der Waals surface area contributed by atoms with Crippen molar-refractivity contribution >= 4 is 16.1 Å². The maximum absolute atomic E-state index is 13.6. The molecule has 5 heteroatoms. The zero-order valence-electron chi connectivity index (χ0n) is 16.2. The van der Waals surface area contributed by atoms with E-state index in [1.165, 1.54) is 0 Å². The van der Waals surface area contributed by atoms with Crippen LogP contribution in [0, 0.1) is 6.92 Å². The van der Waals surface area contributed by atoms with Crippen molar-refractivity contribution in [2.75, 3.05) is 6.54 Å². The van der Waals surface area contributed by atoms with Gasteiger partial charge >= 0.3 is 0 Å². The third-order valence-corrected chi connectivity index (χ3v) is 8.10. The summed E-state index contributed by atoms with van der Waals surface area (Å²) < 4.78 is 28.7. The molecule has 1 heterocycles. The Kier molecular flexibility index (Phi) is 5.17. The van der Waals surface area contributed by atoms with Gasteiger partial charge in [0.25, 0.3) is 0 Å². The molecule has 1 aliphatic heterocycles. The highest BCUT2D eigenvalue weighted by Crippen LogP contribution is 2.47. The number of aliphatic hydroxyl groups excluding tert-OH is 1. The third-order valence-electron chi connectivity index (χ3n) is 6.16. The molecular weight excluding hydrogens is 370 g/mol. The van der Waals surface area contributed by atoms with Crippen molar-refractivity contribution in [3.8, 4) is 0 Å². The average molecular weight is 398 g/mol. The molecule has 4 nitrogen and oxygen atoms in total. The lowest BCUT2D eigenvalue weighted by molar-refractivity contribution is 0.0474. The topological polar surface area (TPSA) is 57.6 Å². The number of hydrogen-bond donors (Lipinski definition) is 1. The van der Waals surface area contributed by atoms with Gasteiger partial charge in [-0.3, -0.25) is 0 Å². The molecular formula is C23H27NO3S. The molecule has 0 unspecified atom stereocenters. The van der Waals surface area contributed by atoms with Gasteiger partial charge in [0.2, 0.25) is 10.0 Å². The summed E-state index contributed by atoms with van der Waals surface area (Å²) in [5.41, 5.74) is 2.06. The van der Waals surface area contributed by atoms with E-state index < -0.39 is 21.7 Å². The first-order valence-corrected chi connectivity index (χ1v) is 11.4. The number of nitrogens with zero attached hydrogens (tertiary/aromatic N) is 1. The molecule has 0 amide bonds. The van der Waals surface area contributed by atoms with Crippen LogP contribution in [0.3, 0.4) is 0 Å². The molecule has 1 saturated carbocycles. The van der Waals surface area contributed by atoms with Gasteiger partial charge in [-0.05, 0) is 43.0 Å². The number of hydrogen-bond acceptors (Lipinski definition) is 3. The molecule has 2 aromatic rings. The smallest absolute Gasteiger partial charge is 0.243 e. The highest BCUT2D eigenvalue weighted by molar-refractivity contribution is 7.89. The second-order valence-corrected chi connectivity index (χ2v) is 9.88. The fraction of sp³-hybridized carbons (Fsp3) is 0.391. The largest absolute Gasteiger partial charge is 0.387 e. The van der Waals surface area contributed by atoms with Gasteiger partial charge < -0.3 is 5.11 Å². The van der Waals surface area contributed by atoms with E-state index >= 15 is 0 Å². The highest BCUT2D eigenvalue weighted by atomic mass is 32.2. The van der Waals surface area contributed by atoms with Crippen LogP contribution in [0.1, 0.15) is 43.2 Å². The molecule has 0 radical (unpaired) electrons. The van der Waals surface area contributed by atoms with Crippen molar-refractivity contribution in [1.29, 1.82) is 0 Å². The standard InChI is InChI=1S/C23H27NO3S/c1-18-10-12-21(13-11-18)28(26,27)24-17-20(16-19-8-4-2-5-9-19)22(25)23(24)14-6-3-7-15-23/h2,4-5,8-13,16,22,25H,3,6-7,14-15,17H2,1H3/b20-16+/t22-/m1/s1. The lowest BCUT2D eigenvalue weighted by Gasteiger charge is -2.42. The van der Waals surface area contributed by atoms with E-state index in [1.807, 2.05) is 55.5 Å². The van der Waals surface area contributed by atoms with E-state index in [0.717, 1.165) is 36.0 Å². The summed E-state index contributed by atoms with van der Waals surface area (Å²) in [6, 6.07) is 16.8. The maximum atomic E-state index is 13.6. The summed E-state index contributed by atoms with van der Waals surface area (Å²) in [5.74, 6) is 0. The van der Waals surface area contributed by atoms with Gasteiger partial charge in [-0.25, -0.2) is 8.42 Å².